The van der Waals surface area contributed by atoms with Crippen molar-refractivity contribution in [1.29, 1.82) is 0 Å². The second kappa shape index (κ2) is 14.7. The number of rotatable bonds is 15. The summed E-state index contributed by atoms with van der Waals surface area (Å²) in [5.74, 6) is 0.705. The van der Waals surface area contributed by atoms with Crippen LogP contribution in [0.2, 0.25) is 0 Å². The molecule has 0 saturated heterocycles. The van der Waals surface area contributed by atoms with E-state index in [0.29, 0.717) is 17.3 Å². The van der Waals surface area contributed by atoms with Crippen molar-refractivity contribution < 1.29 is 0 Å². The van der Waals surface area contributed by atoms with Crippen molar-refractivity contribution in [3.05, 3.63) is 98.4 Å². The number of hydrogen-bond donors (Lipinski definition) is 1. The van der Waals surface area contributed by atoms with Gasteiger partial charge in [-0.25, -0.2) is 19.9 Å². The van der Waals surface area contributed by atoms with E-state index in [1.165, 1.54) is 62.2 Å². The zero-order valence-corrected chi connectivity index (χ0v) is 22.2. The van der Waals surface area contributed by atoms with Gasteiger partial charge in [-0.15, -0.1) is 11.3 Å². The molecular weight excluding hydrogens is 486 g/mol. The maximum absolute atomic E-state index is 13.0. The molecule has 36 heavy (non-hydrogen) atoms. The zero-order chi connectivity index (χ0) is 24.8. The largest absolute Gasteiger partial charge is 0.301 e. The van der Waals surface area contributed by atoms with Crippen LogP contribution in [0.3, 0.4) is 0 Å². The average Bonchev–Trinajstić information content (AvgIpc) is 3.43. The topological polar surface area (TPSA) is 84.4 Å². The van der Waals surface area contributed by atoms with E-state index in [-0.39, 0.29) is 5.56 Å². The van der Waals surface area contributed by atoms with Crippen LogP contribution >= 0.6 is 23.1 Å². The molecule has 8 heteroatoms. The molecule has 0 aliphatic heterocycles. The van der Waals surface area contributed by atoms with Crippen molar-refractivity contribution in [3.8, 4) is 0 Å². The number of nitrogens with zero attached hydrogens (tertiary/aromatic N) is 4. The number of nitrogens with one attached hydrogen (secondary N) is 1. The van der Waals surface area contributed by atoms with Gasteiger partial charge in [0.2, 0.25) is 0 Å². The van der Waals surface area contributed by atoms with Crippen LogP contribution in [0.4, 0.5) is 0 Å². The van der Waals surface area contributed by atoms with Gasteiger partial charge in [0.1, 0.15) is 11.3 Å². The molecule has 0 atom stereocenters. The maximum atomic E-state index is 13.0. The fraction of sp³-hybridized carbons (Fsp3) is 0.393. The second-order valence-corrected chi connectivity index (χ2v) is 10.8. The van der Waals surface area contributed by atoms with E-state index in [4.69, 9.17) is 4.98 Å². The van der Waals surface area contributed by atoms with Crippen molar-refractivity contribution >= 4 is 23.1 Å². The minimum atomic E-state index is -0.0658. The van der Waals surface area contributed by atoms with E-state index in [0.717, 1.165) is 41.1 Å². The molecule has 0 fully saturated rings. The maximum Gasteiger partial charge on any atom is 0.255 e. The summed E-state index contributed by atoms with van der Waals surface area (Å²) in [4.78, 5) is 33.4. The predicted octanol–water partition coefficient (Wildman–Crippen LogP) is 6.42. The lowest BCUT2D eigenvalue weighted by Crippen LogP contribution is -2.19. The Labute approximate surface area is 221 Å². The summed E-state index contributed by atoms with van der Waals surface area (Å²) in [6.07, 6.45) is 17.8. The van der Waals surface area contributed by atoms with Gasteiger partial charge in [-0.3, -0.25) is 4.79 Å². The third-order valence-electron chi connectivity index (χ3n) is 6.11. The molecule has 188 valence electrons. The molecule has 0 aliphatic rings. The number of benzene rings is 1. The molecule has 1 N–H and O–H groups in total. The van der Waals surface area contributed by atoms with E-state index in [1.54, 1.807) is 29.9 Å². The summed E-state index contributed by atoms with van der Waals surface area (Å²) >= 11 is 3.15. The van der Waals surface area contributed by atoms with E-state index >= 15 is 0 Å². The lowest BCUT2D eigenvalue weighted by molar-refractivity contribution is 0.575. The molecule has 0 saturated carbocycles. The molecular formula is C28H33N5OS2. The van der Waals surface area contributed by atoms with E-state index in [1.807, 2.05) is 5.38 Å². The Morgan fingerprint density at radius 1 is 0.861 bits per heavy atom. The third-order valence-corrected chi connectivity index (χ3v) is 7.96. The van der Waals surface area contributed by atoms with Crippen LogP contribution in [-0.4, -0.2) is 24.9 Å². The van der Waals surface area contributed by atoms with Gasteiger partial charge in [-0.1, -0.05) is 74.2 Å². The van der Waals surface area contributed by atoms with Crippen LogP contribution in [0, 0.1) is 0 Å². The van der Waals surface area contributed by atoms with Crippen LogP contribution in [0.15, 0.2) is 70.6 Å². The van der Waals surface area contributed by atoms with E-state index in [9.17, 15) is 4.79 Å². The summed E-state index contributed by atoms with van der Waals surface area (Å²) in [5.41, 5.74) is 3.91. The number of thioether (sulfide) groups is 1. The highest BCUT2D eigenvalue weighted by atomic mass is 32.2. The van der Waals surface area contributed by atoms with Gasteiger partial charge in [0.25, 0.3) is 5.56 Å². The Hall–Kier alpha value is -2.84. The summed E-state index contributed by atoms with van der Waals surface area (Å²) in [5, 5.41) is 3.65. The standard InChI is InChI=1S/C28H33N5OS2/c34-27-24(17-23-18-29-21-30-19-23)25(32-28(33-27)36-20-26-31-15-16-35-26)14-10-5-3-1-2-4-7-11-22-12-8-6-9-13-22/h6,8-9,12-13,15-16,18-19,21H,1-5,7,10-11,14,17,20H2,(H,32,33,34). The number of hydrogen-bond acceptors (Lipinski definition) is 7. The first-order chi connectivity index (χ1) is 17.8. The molecule has 0 spiro atoms. The molecule has 1 aromatic carbocycles. The Balaban J connectivity index is 1.26. The molecule has 0 radical (unpaired) electrons. The summed E-state index contributed by atoms with van der Waals surface area (Å²) in [6.45, 7) is 0. The van der Waals surface area contributed by atoms with Crippen LogP contribution < -0.4 is 5.56 Å². The average molecular weight is 520 g/mol. The minimum Gasteiger partial charge on any atom is -0.301 e. The molecule has 0 amide bonds. The van der Waals surface area contributed by atoms with Crippen LogP contribution in [0.5, 0.6) is 0 Å². The molecule has 0 aliphatic carbocycles. The number of aromatic amines is 1. The van der Waals surface area contributed by atoms with Crippen LogP contribution in [0.25, 0.3) is 0 Å². The SMILES string of the molecule is O=c1[nH]c(SCc2nccs2)nc(CCCCCCCCCc2ccccc2)c1Cc1cncnc1. The van der Waals surface area contributed by atoms with Gasteiger partial charge >= 0.3 is 0 Å². The van der Waals surface area contributed by atoms with E-state index < -0.39 is 0 Å². The Morgan fingerprint density at radius 2 is 1.58 bits per heavy atom. The van der Waals surface area contributed by atoms with Crippen molar-refractivity contribution in [2.45, 2.75) is 75.1 Å². The Bertz CT molecular complexity index is 1210. The van der Waals surface area contributed by atoms with E-state index in [2.05, 4.69) is 50.3 Å². The number of unbranched alkanes of at least 4 members (excludes halogenated alkanes) is 6. The monoisotopic (exact) mass is 519 g/mol. The Kier molecular flexibility index (Phi) is 10.7. The molecule has 4 rings (SSSR count). The van der Waals surface area contributed by atoms with Gasteiger partial charge in [-0.05, 0) is 36.8 Å². The van der Waals surface area contributed by atoms with Crippen molar-refractivity contribution in [1.82, 2.24) is 24.9 Å². The van der Waals surface area contributed by atoms with Gasteiger partial charge in [-0.2, -0.15) is 0 Å². The first-order valence-corrected chi connectivity index (χ1v) is 14.6. The fourth-order valence-corrected chi connectivity index (χ4v) is 5.73. The van der Waals surface area contributed by atoms with Crippen molar-refractivity contribution in [3.63, 3.8) is 0 Å². The highest BCUT2D eigenvalue weighted by Crippen LogP contribution is 2.22. The van der Waals surface area contributed by atoms with Crippen molar-refractivity contribution in [2.24, 2.45) is 0 Å². The first-order valence-electron chi connectivity index (χ1n) is 12.7. The molecule has 0 bridgehead atoms. The summed E-state index contributed by atoms with van der Waals surface area (Å²) in [6, 6.07) is 10.7. The Morgan fingerprint density at radius 3 is 2.31 bits per heavy atom. The van der Waals surface area contributed by atoms with Crippen LogP contribution in [-0.2, 0) is 25.0 Å². The van der Waals surface area contributed by atoms with Crippen molar-refractivity contribution in [2.75, 3.05) is 0 Å². The fourth-order valence-electron chi connectivity index (χ4n) is 4.21. The zero-order valence-electron chi connectivity index (χ0n) is 20.6. The number of aromatic nitrogens is 5. The smallest absolute Gasteiger partial charge is 0.255 e. The highest BCUT2D eigenvalue weighted by Gasteiger charge is 2.13. The quantitative estimate of drug-likeness (QED) is 0.111. The summed E-state index contributed by atoms with van der Waals surface area (Å²) < 4.78 is 0. The molecule has 3 aromatic heterocycles. The van der Waals surface area contributed by atoms with Gasteiger partial charge < -0.3 is 4.98 Å². The highest BCUT2D eigenvalue weighted by molar-refractivity contribution is 7.98. The van der Waals surface area contributed by atoms with Crippen LogP contribution in [0.1, 0.15) is 72.3 Å². The first kappa shape index (κ1) is 26.2. The molecule has 6 nitrogen and oxygen atoms in total. The molecule has 3 heterocycles. The lowest BCUT2D eigenvalue weighted by Gasteiger charge is -2.10. The molecule has 4 aromatic rings. The lowest BCUT2D eigenvalue weighted by atomic mass is 10.0. The number of aryl methyl sites for hydroxylation is 2. The predicted molar refractivity (Wildman–Crippen MR) is 148 cm³/mol. The van der Waals surface area contributed by atoms with Gasteiger partial charge in [0, 0.05) is 36.0 Å². The minimum absolute atomic E-state index is 0.0658. The number of H-pyrrole nitrogens is 1. The normalized spacial score (nSPS) is 11.1. The molecule has 0 unspecified atom stereocenters. The third kappa shape index (κ3) is 8.68. The van der Waals surface area contributed by atoms with Gasteiger partial charge in [0.15, 0.2) is 5.16 Å². The second-order valence-electron chi connectivity index (χ2n) is 8.89. The summed E-state index contributed by atoms with van der Waals surface area (Å²) in [7, 11) is 0. The van der Waals surface area contributed by atoms with Gasteiger partial charge in [0.05, 0.1) is 11.4 Å². The number of thiazole rings is 1.